The second-order valence-electron chi connectivity index (χ2n) is 5.62. The Balaban J connectivity index is 1.58. The minimum absolute atomic E-state index is 0.00802. The van der Waals surface area contributed by atoms with Crippen LogP contribution in [0.15, 0.2) is 18.7 Å². The Bertz CT molecular complexity index is 641. The molecular weight excluding hydrogens is 272 g/mol. The Morgan fingerprint density at radius 3 is 2.86 bits per heavy atom. The molecule has 0 bridgehead atoms. The summed E-state index contributed by atoms with van der Waals surface area (Å²) in [5.74, 6) is -1.04. The maximum absolute atomic E-state index is 10.8. The molecule has 2 aromatic heterocycles. The summed E-state index contributed by atoms with van der Waals surface area (Å²) in [6, 6.07) is 0.592. The molecule has 1 N–H and O–H groups in total. The molecular formula is C13H18N6O2. The SMILES string of the molecule is CC(C)n1cncc1CN1CC(n2cc(C(=O)O)nn2)C1. The van der Waals surface area contributed by atoms with Crippen molar-refractivity contribution in [2.75, 3.05) is 13.1 Å². The highest BCUT2D eigenvalue weighted by atomic mass is 16.4. The van der Waals surface area contributed by atoms with Crippen LogP contribution in [0.4, 0.5) is 0 Å². The number of hydrogen-bond acceptors (Lipinski definition) is 5. The lowest BCUT2D eigenvalue weighted by atomic mass is 10.1. The van der Waals surface area contributed by atoms with Gasteiger partial charge in [-0.2, -0.15) is 0 Å². The lowest BCUT2D eigenvalue weighted by Gasteiger charge is -2.38. The number of carboxylic acid groups (broad SMARTS) is 1. The van der Waals surface area contributed by atoms with E-state index in [0.29, 0.717) is 6.04 Å². The molecule has 3 heterocycles. The molecule has 0 amide bonds. The van der Waals surface area contributed by atoms with Gasteiger partial charge in [0.1, 0.15) is 0 Å². The van der Waals surface area contributed by atoms with Crippen molar-refractivity contribution in [2.45, 2.75) is 32.5 Å². The van der Waals surface area contributed by atoms with E-state index in [-0.39, 0.29) is 11.7 Å². The van der Waals surface area contributed by atoms with Crippen LogP contribution in [-0.4, -0.2) is 53.6 Å². The van der Waals surface area contributed by atoms with Gasteiger partial charge in [-0.05, 0) is 13.8 Å². The van der Waals surface area contributed by atoms with Gasteiger partial charge in [0.05, 0.1) is 24.3 Å². The number of hydrogen-bond donors (Lipinski definition) is 1. The van der Waals surface area contributed by atoms with Crippen LogP contribution >= 0.6 is 0 Å². The second-order valence-corrected chi connectivity index (χ2v) is 5.62. The van der Waals surface area contributed by atoms with Crippen LogP contribution in [0, 0.1) is 0 Å². The Labute approximate surface area is 122 Å². The maximum Gasteiger partial charge on any atom is 0.358 e. The molecule has 112 valence electrons. The fourth-order valence-electron chi connectivity index (χ4n) is 2.54. The Kier molecular flexibility index (Phi) is 3.46. The van der Waals surface area contributed by atoms with Gasteiger partial charge < -0.3 is 9.67 Å². The third kappa shape index (κ3) is 2.66. The van der Waals surface area contributed by atoms with E-state index < -0.39 is 5.97 Å². The summed E-state index contributed by atoms with van der Waals surface area (Å²) in [5.41, 5.74) is 1.18. The van der Waals surface area contributed by atoms with E-state index in [4.69, 9.17) is 5.11 Å². The van der Waals surface area contributed by atoms with Crippen molar-refractivity contribution in [3.05, 3.63) is 30.1 Å². The van der Waals surface area contributed by atoms with Crippen LogP contribution < -0.4 is 0 Å². The van der Waals surface area contributed by atoms with E-state index in [0.717, 1.165) is 19.6 Å². The molecule has 0 spiro atoms. The third-order valence-electron chi connectivity index (χ3n) is 3.73. The van der Waals surface area contributed by atoms with Gasteiger partial charge in [-0.15, -0.1) is 5.10 Å². The first-order valence-corrected chi connectivity index (χ1v) is 6.92. The van der Waals surface area contributed by atoms with Gasteiger partial charge in [-0.3, -0.25) is 4.90 Å². The first-order chi connectivity index (χ1) is 10.0. The number of likely N-dealkylation sites (tertiary alicyclic amines) is 1. The summed E-state index contributed by atoms with van der Waals surface area (Å²) in [7, 11) is 0. The quantitative estimate of drug-likeness (QED) is 0.876. The highest BCUT2D eigenvalue weighted by Crippen LogP contribution is 2.23. The van der Waals surface area contributed by atoms with E-state index >= 15 is 0 Å². The molecule has 0 radical (unpaired) electrons. The van der Waals surface area contributed by atoms with Crippen molar-refractivity contribution in [1.82, 2.24) is 29.4 Å². The van der Waals surface area contributed by atoms with Gasteiger partial charge in [-0.25, -0.2) is 14.5 Å². The predicted octanol–water partition coefficient (Wildman–Crippen LogP) is 0.811. The summed E-state index contributed by atoms with van der Waals surface area (Å²) in [6.45, 7) is 6.78. The molecule has 1 aliphatic rings. The molecule has 1 fully saturated rings. The largest absolute Gasteiger partial charge is 0.476 e. The van der Waals surface area contributed by atoms with Gasteiger partial charge in [0.2, 0.25) is 0 Å². The number of carbonyl (C=O) groups is 1. The predicted molar refractivity (Wildman–Crippen MR) is 73.9 cm³/mol. The van der Waals surface area contributed by atoms with Gasteiger partial charge >= 0.3 is 5.97 Å². The summed E-state index contributed by atoms with van der Waals surface area (Å²) >= 11 is 0. The minimum atomic E-state index is -1.04. The summed E-state index contributed by atoms with van der Waals surface area (Å²) in [4.78, 5) is 17.3. The Hall–Kier alpha value is -2.22. The zero-order valence-electron chi connectivity index (χ0n) is 12.0. The molecule has 1 aliphatic heterocycles. The van der Waals surface area contributed by atoms with Crippen molar-refractivity contribution in [3.63, 3.8) is 0 Å². The average Bonchev–Trinajstić information content (AvgIpc) is 3.02. The van der Waals surface area contributed by atoms with E-state index in [1.54, 1.807) is 4.68 Å². The molecule has 0 unspecified atom stereocenters. The summed E-state index contributed by atoms with van der Waals surface area (Å²) in [5, 5.41) is 16.4. The van der Waals surface area contributed by atoms with Crippen LogP contribution in [0.5, 0.6) is 0 Å². The minimum Gasteiger partial charge on any atom is -0.476 e. The van der Waals surface area contributed by atoms with Crippen molar-refractivity contribution in [3.8, 4) is 0 Å². The van der Waals surface area contributed by atoms with Crippen molar-refractivity contribution in [2.24, 2.45) is 0 Å². The number of aromatic carboxylic acids is 1. The fraction of sp³-hybridized carbons (Fsp3) is 0.538. The molecule has 2 aromatic rings. The van der Waals surface area contributed by atoms with E-state index in [1.807, 2.05) is 12.5 Å². The zero-order chi connectivity index (χ0) is 15.0. The van der Waals surface area contributed by atoms with E-state index in [2.05, 4.69) is 38.6 Å². The normalized spacial score (nSPS) is 16.3. The van der Waals surface area contributed by atoms with Crippen molar-refractivity contribution in [1.29, 1.82) is 0 Å². The van der Waals surface area contributed by atoms with Gasteiger partial charge in [0, 0.05) is 31.9 Å². The van der Waals surface area contributed by atoms with Crippen molar-refractivity contribution >= 4 is 5.97 Å². The fourth-order valence-corrected chi connectivity index (χ4v) is 2.54. The van der Waals surface area contributed by atoms with Crippen molar-refractivity contribution < 1.29 is 9.90 Å². The monoisotopic (exact) mass is 290 g/mol. The van der Waals surface area contributed by atoms with Gasteiger partial charge in [0.15, 0.2) is 5.69 Å². The summed E-state index contributed by atoms with van der Waals surface area (Å²) in [6.07, 6.45) is 5.24. The highest BCUT2D eigenvalue weighted by molar-refractivity contribution is 5.84. The summed E-state index contributed by atoms with van der Waals surface area (Å²) < 4.78 is 3.80. The number of nitrogens with zero attached hydrogens (tertiary/aromatic N) is 6. The lowest BCUT2D eigenvalue weighted by molar-refractivity contribution is 0.0690. The third-order valence-corrected chi connectivity index (χ3v) is 3.73. The van der Waals surface area contributed by atoms with Crippen LogP contribution in [-0.2, 0) is 6.54 Å². The first-order valence-electron chi connectivity index (χ1n) is 6.92. The molecule has 3 rings (SSSR count). The Morgan fingerprint density at radius 2 is 2.24 bits per heavy atom. The molecule has 0 aliphatic carbocycles. The Morgan fingerprint density at radius 1 is 1.48 bits per heavy atom. The van der Waals surface area contributed by atoms with Gasteiger partial charge in [-0.1, -0.05) is 5.21 Å². The van der Waals surface area contributed by atoms with Crippen LogP contribution in [0.25, 0.3) is 0 Å². The second kappa shape index (κ2) is 5.28. The molecule has 8 heteroatoms. The van der Waals surface area contributed by atoms with Crippen LogP contribution in [0.3, 0.4) is 0 Å². The standard InChI is InChI=1S/C13H18N6O2/c1-9(2)18-8-14-3-10(18)4-17-5-11(6-17)19-7-12(13(20)21)15-16-19/h3,7-9,11H,4-6H2,1-2H3,(H,20,21). The topological polar surface area (TPSA) is 89.1 Å². The zero-order valence-corrected chi connectivity index (χ0v) is 12.0. The molecule has 21 heavy (non-hydrogen) atoms. The first kappa shape index (κ1) is 13.7. The lowest BCUT2D eigenvalue weighted by Crippen LogP contribution is -2.47. The van der Waals surface area contributed by atoms with E-state index in [1.165, 1.54) is 11.9 Å². The molecule has 8 nitrogen and oxygen atoms in total. The molecule has 0 saturated carbocycles. The van der Waals surface area contributed by atoms with Crippen LogP contribution in [0.1, 0.15) is 42.1 Å². The number of rotatable bonds is 5. The number of carboxylic acids is 1. The highest BCUT2D eigenvalue weighted by Gasteiger charge is 2.30. The smallest absolute Gasteiger partial charge is 0.358 e. The van der Waals surface area contributed by atoms with Crippen LogP contribution in [0.2, 0.25) is 0 Å². The molecule has 0 atom stereocenters. The molecule has 1 saturated heterocycles. The van der Waals surface area contributed by atoms with E-state index in [9.17, 15) is 4.79 Å². The molecule has 0 aromatic carbocycles. The van der Waals surface area contributed by atoms with Gasteiger partial charge in [0.25, 0.3) is 0 Å². The maximum atomic E-state index is 10.8. The average molecular weight is 290 g/mol. The number of imidazole rings is 1. The number of aromatic nitrogens is 5.